The van der Waals surface area contributed by atoms with E-state index in [0.717, 1.165) is 67.2 Å². The average molecular weight is 792 g/mol. The molecule has 3 heteroatoms. The molecule has 62 heavy (non-hydrogen) atoms. The molecule has 11 aromatic rings. The van der Waals surface area contributed by atoms with Gasteiger partial charge in [0.1, 0.15) is 5.69 Å². The fourth-order valence-electron chi connectivity index (χ4n) is 8.72. The van der Waals surface area contributed by atoms with Crippen LogP contribution in [0, 0.1) is 0 Å². The van der Waals surface area contributed by atoms with Crippen molar-refractivity contribution >= 4 is 33.4 Å². The fourth-order valence-corrected chi connectivity index (χ4v) is 8.72. The first-order valence-corrected chi connectivity index (χ1v) is 21.1. The van der Waals surface area contributed by atoms with Gasteiger partial charge in [0, 0.05) is 39.1 Å². The van der Waals surface area contributed by atoms with Crippen molar-refractivity contribution in [1.82, 2.24) is 9.61 Å². The molecule has 292 valence electrons. The van der Waals surface area contributed by atoms with Crippen molar-refractivity contribution in [3.8, 4) is 67.0 Å². The van der Waals surface area contributed by atoms with Gasteiger partial charge in [-0.1, -0.05) is 200 Å². The van der Waals surface area contributed by atoms with E-state index in [9.17, 15) is 0 Å². The van der Waals surface area contributed by atoms with Crippen molar-refractivity contribution in [2.24, 2.45) is 0 Å². The van der Waals surface area contributed by atoms with Gasteiger partial charge in [-0.15, -0.1) is 0 Å². The lowest BCUT2D eigenvalue weighted by Crippen LogP contribution is -2.09. The van der Waals surface area contributed by atoms with E-state index in [-0.39, 0.29) is 0 Å². The third kappa shape index (κ3) is 6.92. The van der Waals surface area contributed by atoms with E-state index in [1.807, 2.05) is 0 Å². The highest BCUT2D eigenvalue weighted by Gasteiger charge is 2.22. The van der Waals surface area contributed by atoms with Crippen LogP contribution in [0.2, 0.25) is 0 Å². The Labute approximate surface area is 362 Å². The molecule has 11 rings (SSSR count). The molecular weight excluding hydrogens is 751 g/mol. The van der Waals surface area contributed by atoms with Gasteiger partial charge in [0.2, 0.25) is 0 Å². The quantitative estimate of drug-likeness (QED) is 0.145. The lowest BCUT2D eigenvalue weighted by Gasteiger charge is -2.25. The molecule has 0 fully saturated rings. The van der Waals surface area contributed by atoms with E-state index in [2.05, 4.69) is 258 Å². The molecule has 0 saturated heterocycles. The maximum atomic E-state index is 5.41. The molecule has 0 radical (unpaired) electrons. The molecule has 0 N–H and O–H groups in total. The summed E-state index contributed by atoms with van der Waals surface area (Å²) in [6.45, 7) is 0. The Morgan fingerprint density at radius 2 is 0.694 bits per heavy atom. The van der Waals surface area contributed by atoms with E-state index in [1.54, 1.807) is 0 Å². The van der Waals surface area contributed by atoms with Crippen molar-refractivity contribution in [3.63, 3.8) is 0 Å². The molecule has 0 atom stereocenters. The van der Waals surface area contributed by atoms with E-state index in [0.29, 0.717) is 0 Å². The van der Waals surface area contributed by atoms with Gasteiger partial charge in [-0.2, -0.15) is 5.10 Å². The molecule has 2 aromatic heterocycles. The Bertz CT molecular complexity index is 3230. The molecule has 3 nitrogen and oxygen atoms in total. The third-order valence-corrected chi connectivity index (χ3v) is 11.8. The number of nitrogens with zero attached hydrogens (tertiary/aromatic N) is 3. The predicted octanol–water partition coefficient (Wildman–Crippen LogP) is 16.0. The molecule has 2 heterocycles. The summed E-state index contributed by atoms with van der Waals surface area (Å²) in [6, 6.07) is 88.7. The van der Waals surface area contributed by atoms with Crippen LogP contribution >= 0.6 is 0 Å². The van der Waals surface area contributed by atoms with Crippen LogP contribution in [0.3, 0.4) is 0 Å². The van der Waals surface area contributed by atoms with Gasteiger partial charge in [-0.3, -0.25) is 0 Å². The van der Waals surface area contributed by atoms with Gasteiger partial charge in [0.25, 0.3) is 0 Å². The van der Waals surface area contributed by atoms with Crippen molar-refractivity contribution in [3.05, 3.63) is 249 Å². The maximum absolute atomic E-state index is 5.41. The van der Waals surface area contributed by atoms with Gasteiger partial charge in [-0.25, -0.2) is 4.52 Å². The molecule has 0 aliphatic carbocycles. The van der Waals surface area contributed by atoms with Gasteiger partial charge < -0.3 is 4.90 Å². The minimum absolute atomic E-state index is 0.969. The van der Waals surface area contributed by atoms with Crippen molar-refractivity contribution in [1.29, 1.82) is 0 Å². The Balaban J connectivity index is 0.928. The van der Waals surface area contributed by atoms with E-state index < -0.39 is 0 Å². The topological polar surface area (TPSA) is 20.5 Å². The summed E-state index contributed by atoms with van der Waals surface area (Å²) in [4.78, 5) is 2.29. The number of aromatic nitrogens is 2. The van der Waals surface area contributed by atoms with E-state index in [1.165, 1.54) is 33.2 Å². The Morgan fingerprint density at radius 3 is 1.19 bits per heavy atom. The number of pyridine rings is 1. The lowest BCUT2D eigenvalue weighted by atomic mass is 9.94. The highest BCUT2D eigenvalue weighted by molar-refractivity contribution is 6.09. The van der Waals surface area contributed by atoms with Crippen molar-refractivity contribution in [2.75, 3.05) is 4.90 Å². The first kappa shape index (κ1) is 36.8. The van der Waals surface area contributed by atoms with Gasteiger partial charge >= 0.3 is 0 Å². The van der Waals surface area contributed by atoms with Crippen LogP contribution in [0.25, 0.3) is 83.3 Å². The lowest BCUT2D eigenvalue weighted by molar-refractivity contribution is 0.979. The van der Waals surface area contributed by atoms with Crippen LogP contribution < -0.4 is 4.90 Å². The Kier molecular flexibility index (Phi) is 9.53. The SMILES string of the molecule is c1ccc(-c2nn3c(-c4ccccc4)cc4ccc(-c5ccc(-c6ccc(-c7ccc(N(c8ccccc8)c8ccccc8)cc7)cc6)cc5)cc4c3c2-c2ccccc2)cc1. The van der Waals surface area contributed by atoms with Crippen LogP contribution in [-0.2, 0) is 0 Å². The summed E-state index contributed by atoms with van der Waals surface area (Å²) < 4.78 is 2.16. The number of anilines is 3. The summed E-state index contributed by atoms with van der Waals surface area (Å²) in [6.07, 6.45) is 0. The molecule has 0 aliphatic heterocycles. The third-order valence-electron chi connectivity index (χ3n) is 11.8. The zero-order valence-corrected chi connectivity index (χ0v) is 34.0. The normalized spacial score (nSPS) is 11.2. The molecule has 0 aliphatic rings. The highest BCUT2D eigenvalue weighted by Crippen LogP contribution is 2.42. The second-order valence-corrected chi connectivity index (χ2v) is 15.6. The predicted molar refractivity (Wildman–Crippen MR) is 260 cm³/mol. The van der Waals surface area contributed by atoms with Crippen LogP contribution in [0.5, 0.6) is 0 Å². The number of hydrogen-bond donors (Lipinski definition) is 0. The maximum Gasteiger partial charge on any atom is 0.101 e. The average Bonchev–Trinajstić information content (AvgIpc) is 3.77. The van der Waals surface area contributed by atoms with Gasteiger partial charge in [0.15, 0.2) is 0 Å². The number of hydrogen-bond acceptors (Lipinski definition) is 2. The molecule has 0 amide bonds. The minimum Gasteiger partial charge on any atom is -0.311 e. The van der Waals surface area contributed by atoms with E-state index >= 15 is 0 Å². The smallest absolute Gasteiger partial charge is 0.101 e. The summed E-state index contributed by atoms with van der Waals surface area (Å²) in [5.74, 6) is 0. The van der Waals surface area contributed by atoms with Gasteiger partial charge in [0.05, 0.1) is 11.2 Å². The first-order valence-electron chi connectivity index (χ1n) is 21.1. The van der Waals surface area contributed by atoms with Gasteiger partial charge in [-0.05, 0) is 92.9 Å². The monoisotopic (exact) mass is 791 g/mol. The second-order valence-electron chi connectivity index (χ2n) is 15.6. The summed E-state index contributed by atoms with van der Waals surface area (Å²) in [5.41, 5.74) is 18.1. The van der Waals surface area contributed by atoms with Crippen LogP contribution in [0.1, 0.15) is 0 Å². The molecule has 0 bridgehead atoms. The summed E-state index contributed by atoms with van der Waals surface area (Å²) in [7, 11) is 0. The fraction of sp³-hybridized carbons (Fsp3) is 0. The molecule has 0 unspecified atom stereocenters. The Hall–Kier alpha value is -8.27. The Morgan fingerprint density at radius 1 is 0.306 bits per heavy atom. The van der Waals surface area contributed by atoms with E-state index in [4.69, 9.17) is 5.10 Å². The molecular formula is C59H41N3. The molecule has 0 saturated carbocycles. The summed E-state index contributed by atoms with van der Waals surface area (Å²) >= 11 is 0. The van der Waals surface area contributed by atoms with Crippen LogP contribution in [0.15, 0.2) is 249 Å². The number of rotatable bonds is 9. The highest BCUT2D eigenvalue weighted by atomic mass is 15.2. The summed E-state index contributed by atoms with van der Waals surface area (Å²) in [5, 5.41) is 7.74. The number of fused-ring (bicyclic) bond motifs is 3. The minimum atomic E-state index is 0.969. The van der Waals surface area contributed by atoms with Crippen LogP contribution in [0.4, 0.5) is 17.1 Å². The van der Waals surface area contributed by atoms with Crippen molar-refractivity contribution < 1.29 is 0 Å². The first-order chi connectivity index (χ1) is 30.7. The largest absolute Gasteiger partial charge is 0.311 e. The van der Waals surface area contributed by atoms with Crippen LogP contribution in [-0.4, -0.2) is 9.61 Å². The van der Waals surface area contributed by atoms with Crippen molar-refractivity contribution in [2.45, 2.75) is 0 Å². The number of benzene rings is 9. The standard InChI is InChI=1S/C59H41N3/c1-6-16-47(17-7-1)56-41-51-35-34-50(40-55(51)59-57(48-18-8-2-9-19-48)58(60-62(56)59)49-20-10-3-11-21-49)46-32-30-43(31-33-46)42-26-28-44(29-27-42)45-36-38-54(39-37-45)61(52-22-12-4-13-23-52)53-24-14-5-15-25-53/h1-41H. The molecule has 9 aromatic carbocycles. The zero-order chi connectivity index (χ0) is 41.2. The number of para-hydroxylation sites is 2. The second kappa shape index (κ2) is 16.1. The molecule has 0 spiro atoms. The zero-order valence-electron chi connectivity index (χ0n) is 34.0.